The summed E-state index contributed by atoms with van der Waals surface area (Å²) in [6, 6.07) is 8.13. The van der Waals surface area contributed by atoms with Gasteiger partial charge in [0.05, 0.1) is 15.2 Å². The second-order valence-electron chi connectivity index (χ2n) is 5.02. The van der Waals surface area contributed by atoms with Gasteiger partial charge in [-0.25, -0.2) is 0 Å². The van der Waals surface area contributed by atoms with Crippen molar-refractivity contribution in [2.75, 3.05) is 6.54 Å². The fourth-order valence-corrected chi connectivity index (χ4v) is 4.21. The maximum absolute atomic E-state index is 5.51. The lowest BCUT2D eigenvalue weighted by Crippen LogP contribution is -2.50. The predicted molar refractivity (Wildman–Crippen MR) is 99.1 cm³/mol. The first-order valence-corrected chi connectivity index (χ1v) is 9.88. The van der Waals surface area contributed by atoms with E-state index in [0.717, 1.165) is 40.0 Å². The molecule has 0 aliphatic carbocycles. The highest BCUT2D eigenvalue weighted by molar-refractivity contribution is 9.11. The molecular weight excluding hydrogens is 394 g/mol. The molecule has 0 atom stereocenters. The lowest BCUT2D eigenvalue weighted by molar-refractivity contribution is -0.368. The zero-order chi connectivity index (χ0) is 16.1. The zero-order valence-electron chi connectivity index (χ0n) is 12.5. The van der Waals surface area contributed by atoms with Gasteiger partial charge in [-0.2, -0.15) is 4.98 Å². The summed E-state index contributed by atoms with van der Waals surface area (Å²) < 4.78 is 6.63. The van der Waals surface area contributed by atoms with Crippen molar-refractivity contribution in [3.63, 3.8) is 0 Å². The number of halogens is 1. The first kappa shape index (κ1) is 16.6. The summed E-state index contributed by atoms with van der Waals surface area (Å²) in [5, 5.41) is 6.13. The van der Waals surface area contributed by atoms with Gasteiger partial charge >= 0.3 is 0 Å². The van der Waals surface area contributed by atoms with E-state index < -0.39 is 0 Å². The van der Waals surface area contributed by atoms with Crippen LogP contribution >= 0.6 is 38.6 Å². The minimum Gasteiger partial charge on any atom is -0.358 e. The summed E-state index contributed by atoms with van der Waals surface area (Å²) in [7, 11) is 0. The summed E-state index contributed by atoms with van der Waals surface area (Å²) in [4.78, 5) is 6.78. The van der Waals surface area contributed by atoms with E-state index >= 15 is 0 Å². The first-order valence-electron chi connectivity index (χ1n) is 7.39. The molecule has 0 saturated heterocycles. The molecule has 3 aromatic rings. The second kappa shape index (κ2) is 8.01. The van der Waals surface area contributed by atoms with Crippen LogP contribution in [0, 0.1) is 0 Å². The standard InChI is InChI=1S/C16H16BrN3OS2/c17-14-7-6-12(23-14)10-11(4-1-2-8-18)16-19-15(20-21-16)13-5-3-9-22-13/h3,5-7,9-10H,1-2,4,8,18H2/p+1/b11-10+. The number of allylic oxidation sites excluding steroid dienone is 1. The van der Waals surface area contributed by atoms with Crippen LogP contribution in [0.4, 0.5) is 0 Å². The molecule has 3 heterocycles. The molecule has 0 saturated carbocycles. The summed E-state index contributed by atoms with van der Waals surface area (Å²) in [5.74, 6) is 1.27. The molecule has 0 bridgehead atoms. The molecule has 3 N–H and O–H groups in total. The number of hydrogen-bond donors (Lipinski definition) is 1. The third-order valence-corrected chi connectivity index (χ3v) is 5.74. The smallest absolute Gasteiger partial charge is 0.254 e. The normalized spacial score (nSPS) is 12.0. The Balaban J connectivity index is 1.87. The molecule has 3 aromatic heterocycles. The Labute approximate surface area is 151 Å². The lowest BCUT2D eigenvalue weighted by atomic mass is 10.1. The van der Waals surface area contributed by atoms with Crippen molar-refractivity contribution < 1.29 is 10.3 Å². The van der Waals surface area contributed by atoms with E-state index in [2.05, 4.69) is 50.0 Å². The number of quaternary nitrogens is 1. The molecule has 4 nitrogen and oxygen atoms in total. The van der Waals surface area contributed by atoms with E-state index in [9.17, 15) is 0 Å². The van der Waals surface area contributed by atoms with Gasteiger partial charge in [0.25, 0.3) is 5.89 Å². The molecule has 0 unspecified atom stereocenters. The van der Waals surface area contributed by atoms with E-state index in [4.69, 9.17) is 4.52 Å². The van der Waals surface area contributed by atoms with Crippen molar-refractivity contribution >= 4 is 50.3 Å². The van der Waals surface area contributed by atoms with Crippen LogP contribution in [-0.4, -0.2) is 16.7 Å². The fourth-order valence-electron chi connectivity index (χ4n) is 2.17. The van der Waals surface area contributed by atoms with Gasteiger partial charge < -0.3 is 10.3 Å². The highest BCUT2D eigenvalue weighted by atomic mass is 79.9. The van der Waals surface area contributed by atoms with E-state index in [-0.39, 0.29) is 0 Å². The van der Waals surface area contributed by atoms with Crippen LogP contribution < -0.4 is 5.73 Å². The summed E-state index contributed by atoms with van der Waals surface area (Å²) >= 11 is 6.81. The molecule has 0 aliphatic rings. The molecule has 120 valence electrons. The second-order valence-corrected chi connectivity index (χ2v) is 8.46. The average molecular weight is 411 g/mol. The van der Waals surface area contributed by atoms with Crippen LogP contribution in [-0.2, 0) is 0 Å². The van der Waals surface area contributed by atoms with Crippen LogP contribution in [0.1, 0.15) is 30.0 Å². The Morgan fingerprint density at radius 1 is 1.30 bits per heavy atom. The van der Waals surface area contributed by atoms with Gasteiger partial charge in [-0.15, -0.1) is 22.7 Å². The fraction of sp³-hybridized carbons (Fsp3) is 0.250. The van der Waals surface area contributed by atoms with Crippen LogP contribution in [0.15, 0.2) is 38.0 Å². The topological polar surface area (TPSA) is 66.6 Å². The van der Waals surface area contributed by atoms with Crippen molar-refractivity contribution in [1.29, 1.82) is 0 Å². The molecule has 0 spiro atoms. The van der Waals surface area contributed by atoms with Crippen molar-refractivity contribution in [3.05, 3.63) is 44.2 Å². The number of nitrogens with zero attached hydrogens (tertiary/aromatic N) is 2. The van der Waals surface area contributed by atoms with Gasteiger partial charge in [0.1, 0.15) is 0 Å². The summed E-state index contributed by atoms with van der Waals surface area (Å²) in [6.45, 7) is 0.947. The third-order valence-electron chi connectivity index (χ3n) is 3.30. The van der Waals surface area contributed by atoms with Crippen LogP contribution in [0.25, 0.3) is 22.4 Å². The van der Waals surface area contributed by atoms with E-state index in [0.29, 0.717) is 11.7 Å². The highest BCUT2D eigenvalue weighted by Crippen LogP contribution is 2.30. The van der Waals surface area contributed by atoms with Gasteiger partial charge in [-0.1, -0.05) is 11.2 Å². The maximum atomic E-state index is 5.51. The van der Waals surface area contributed by atoms with Crippen LogP contribution in [0.2, 0.25) is 0 Å². The van der Waals surface area contributed by atoms with Gasteiger partial charge in [-0.3, -0.25) is 0 Å². The van der Waals surface area contributed by atoms with Crippen molar-refractivity contribution in [3.8, 4) is 10.7 Å². The molecule has 0 aliphatic heterocycles. The van der Waals surface area contributed by atoms with E-state index in [1.165, 1.54) is 4.88 Å². The Morgan fingerprint density at radius 3 is 2.91 bits per heavy atom. The molecular formula is C16H17BrN3OS2+. The van der Waals surface area contributed by atoms with Crippen LogP contribution in [0.3, 0.4) is 0 Å². The maximum Gasteiger partial charge on any atom is 0.254 e. The number of rotatable bonds is 7. The van der Waals surface area contributed by atoms with Gasteiger partial charge in [0.15, 0.2) is 0 Å². The summed E-state index contributed by atoms with van der Waals surface area (Å²) in [6.07, 6.45) is 5.22. The van der Waals surface area contributed by atoms with Gasteiger partial charge in [0.2, 0.25) is 5.82 Å². The third kappa shape index (κ3) is 4.38. The Kier molecular flexibility index (Phi) is 5.77. The Morgan fingerprint density at radius 2 is 2.22 bits per heavy atom. The van der Waals surface area contributed by atoms with Crippen molar-refractivity contribution in [2.45, 2.75) is 19.3 Å². The molecule has 7 heteroatoms. The van der Waals surface area contributed by atoms with Crippen molar-refractivity contribution in [1.82, 2.24) is 10.1 Å². The molecule has 0 aromatic carbocycles. The van der Waals surface area contributed by atoms with Gasteiger partial charge in [-0.05, 0) is 64.8 Å². The predicted octanol–water partition coefficient (Wildman–Crippen LogP) is 4.57. The molecule has 3 rings (SSSR count). The highest BCUT2D eigenvalue weighted by Gasteiger charge is 2.14. The Hall–Kier alpha value is -1.28. The Bertz CT molecular complexity index is 777. The largest absolute Gasteiger partial charge is 0.358 e. The number of unbranched alkanes of at least 4 members (excludes halogenated alkanes) is 1. The molecule has 0 fully saturated rings. The van der Waals surface area contributed by atoms with E-state index in [1.54, 1.807) is 22.7 Å². The molecule has 0 radical (unpaired) electrons. The lowest BCUT2D eigenvalue weighted by Gasteiger charge is -2.01. The van der Waals surface area contributed by atoms with E-state index in [1.807, 2.05) is 17.5 Å². The monoisotopic (exact) mass is 410 g/mol. The number of hydrogen-bond acceptors (Lipinski definition) is 5. The quantitative estimate of drug-likeness (QED) is 0.579. The molecule has 23 heavy (non-hydrogen) atoms. The first-order chi connectivity index (χ1) is 11.3. The zero-order valence-corrected chi connectivity index (χ0v) is 15.7. The van der Waals surface area contributed by atoms with Crippen LogP contribution in [0.5, 0.6) is 0 Å². The average Bonchev–Trinajstić information content (AvgIpc) is 3.27. The molecule has 0 amide bonds. The SMILES string of the molecule is [NH3+]CCCC/C(=C\c1ccc(Br)s1)c1nc(-c2cccs2)no1. The number of thiophene rings is 2. The number of aromatic nitrogens is 2. The minimum atomic E-state index is 0.613. The van der Waals surface area contributed by atoms with Gasteiger partial charge in [0, 0.05) is 10.5 Å². The minimum absolute atomic E-state index is 0.613. The summed E-state index contributed by atoms with van der Waals surface area (Å²) in [5.41, 5.74) is 4.99. The van der Waals surface area contributed by atoms with Crippen molar-refractivity contribution in [2.24, 2.45) is 0 Å².